The monoisotopic (exact) mass is 548 g/mol. The minimum atomic E-state index is -0.555. The number of hydrogen-bond acceptors (Lipinski definition) is 8. The van der Waals surface area contributed by atoms with Crippen LogP contribution in [-0.4, -0.2) is 36.3 Å². The molecule has 9 nitrogen and oxygen atoms in total. The third kappa shape index (κ3) is 5.64. The van der Waals surface area contributed by atoms with Crippen LogP contribution < -0.4 is 5.32 Å². The van der Waals surface area contributed by atoms with Crippen molar-refractivity contribution in [1.29, 1.82) is 0 Å². The first-order valence-corrected chi connectivity index (χ1v) is 12.8. The molecule has 0 unspecified atom stereocenters. The Morgan fingerprint density at radius 1 is 1.23 bits per heavy atom. The molecule has 4 rings (SSSR count). The number of halogens is 2. The number of carbonyl (C=O) groups excluding carboxylic acids is 1. The van der Waals surface area contributed by atoms with Crippen molar-refractivity contribution in [2.75, 3.05) is 11.1 Å². The molecule has 1 N–H and O–H groups in total. The number of nitrogens with one attached hydrogen (secondary N) is 1. The maximum atomic E-state index is 12.5. The van der Waals surface area contributed by atoms with Crippen molar-refractivity contribution in [2.24, 2.45) is 0 Å². The highest BCUT2D eigenvalue weighted by Gasteiger charge is 2.22. The number of hydrogen-bond donors (Lipinski definition) is 1. The van der Waals surface area contributed by atoms with Crippen molar-refractivity contribution in [3.05, 3.63) is 74.4 Å². The summed E-state index contributed by atoms with van der Waals surface area (Å²) in [7, 11) is 0. The lowest BCUT2D eigenvalue weighted by molar-refractivity contribution is -0.380. The quantitative estimate of drug-likeness (QED) is 0.152. The van der Waals surface area contributed by atoms with Gasteiger partial charge in [0.05, 0.1) is 21.4 Å². The molecule has 0 radical (unpaired) electrons. The van der Waals surface area contributed by atoms with Crippen LogP contribution in [0.15, 0.2) is 53.8 Å². The number of anilines is 1. The summed E-state index contributed by atoms with van der Waals surface area (Å²) in [4.78, 5) is 26.7. The van der Waals surface area contributed by atoms with Gasteiger partial charge in [0.2, 0.25) is 5.91 Å². The number of rotatable bonds is 8. The van der Waals surface area contributed by atoms with Crippen LogP contribution in [0.3, 0.4) is 0 Å². The van der Waals surface area contributed by atoms with E-state index in [0.29, 0.717) is 26.6 Å². The van der Waals surface area contributed by atoms with Gasteiger partial charge in [0, 0.05) is 10.6 Å². The minimum Gasteiger partial charge on any atom is -0.301 e. The average molecular weight is 549 g/mol. The second kappa shape index (κ2) is 10.7. The third-order valence-electron chi connectivity index (χ3n) is 4.86. The van der Waals surface area contributed by atoms with Crippen molar-refractivity contribution in [1.82, 2.24) is 19.7 Å². The van der Waals surface area contributed by atoms with Crippen LogP contribution >= 0.6 is 46.3 Å². The van der Waals surface area contributed by atoms with Gasteiger partial charge < -0.3 is 5.32 Å². The highest BCUT2D eigenvalue weighted by atomic mass is 35.5. The van der Waals surface area contributed by atoms with E-state index < -0.39 is 4.92 Å². The summed E-state index contributed by atoms with van der Waals surface area (Å²) in [5.41, 5.74) is 2.58. The molecular weight excluding hydrogens is 531 g/mol. The summed E-state index contributed by atoms with van der Waals surface area (Å²) in [6, 6.07) is 13.0. The minimum absolute atomic E-state index is 0.0102. The molecule has 0 aliphatic rings. The number of carbonyl (C=O) groups is 1. The summed E-state index contributed by atoms with van der Waals surface area (Å²) < 4.78 is 1.87. The van der Waals surface area contributed by atoms with Crippen LogP contribution in [-0.2, 0) is 4.79 Å². The Morgan fingerprint density at radius 2 is 2.00 bits per heavy atom. The molecule has 1 amide bonds. The molecule has 4 aromatic rings. The Labute approximate surface area is 218 Å². The summed E-state index contributed by atoms with van der Waals surface area (Å²) in [6.45, 7) is 4.18. The number of amides is 1. The standard InChI is InChI=1S/C22H18Cl2N6O3S2/c1-12(2)14-5-3-4-6-17(14)29-20(15-8-7-13(23)9-16(15)24)27-28-22(29)34-11-18(31)26-21-25-10-19(35-21)30(32)33/h3-10,12H,11H2,1-2H3,(H,25,26,31). The molecule has 13 heteroatoms. The molecule has 0 aliphatic carbocycles. The fourth-order valence-electron chi connectivity index (χ4n) is 3.30. The summed E-state index contributed by atoms with van der Waals surface area (Å²) in [5, 5.41) is 23.6. The van der Waals surface area contributed by atoms with Gasteiger partial charge in [0.1, 0.15) is 6.20 Å². The lowest BCUT2D eigenvalue weighted by atomic mass is 10.0. The van der Waals surface area contributed by atoms with E-state index in [4.69, 9.17) is 23.2 Å². The molecule has 0 bridgehead atoms. The molecule has 2 heterocycles. The zero-order chi connectivity index (χ0) is 25.1. The number of benzene rings is 2. The van der Waals surface area contributed by atoms with Gasteiger partial charge in [0.25, 0.3) is 0 Å². The number of aromatic nitrogens is 4. The highest BCUT2D eigenvalue weighted by Crippen LogP contribution is 2.36. The van der Waals surface area contributed by atoms with Crippen molar-refractivity contribution in [2.45, 2.75) is 24.9 Å². The van der Waals surface area contributed by atoms with Crippen LogP contribution in [0, 0.1) is 10.1 Å². The number of thioether (sulfide) groups is 1. The van der Waals surface area contributed by atoms with Crippen molar-refractivity contribution >= 4 is 62.3 Å². The molecule has 0 saturated heterocycles. The fraction of sp³-hybridized carbons (Fsp3) is 0.182. The Bertz CT molecular complexity index is 1410. The van der Waals surface area contributed by atoms with Crippen LogP contribution in [0.5, 0.6) is 0 Å². The first kappa shape index (κ1) is 25.1. The average Bonchev–Trinajstić information content (AvgIpc) is 3.45. The second-order valence-electron chi connectivity index (χ2n) is 7.58. The van der Waals surface area contributed by atoms with Gasteiger partial charge in [0.15, 0.2) is 16.1 Å². The molecule has 2 aromatic heterocycles. The third-order valence-corrected chi connectivity index (χ3v) is 7.20. The van der Waals surface area contributed by atoms with Crippen LogP contribution in [0.2, 0.25) is 10.0 Å². The zero-order valence-corrected chi connectivity index (χ0v) is 21.6. The predicted molar refractivity (Wildman–Crippen MR) is 139 cm³/mol. The van der Waals surface area contributed by atoms with E-state index in [1.165, 1.54) is 11.8 Å². The molecular formula is C22H18Cl2N6O3S2. The maximum Gasteiger partial charge on any atom is 0.345 e. The first-order chi connectivity index (χ1) is 16.7. The maximum absolute atomic E-state index is 12.5. The van der Waals surface area contributed by atoms with Crippen molar-refractivity contribution in [3.63, 3.8) is 0 Å². The van der Waals surface area contributed by atoms with Gasteiger partial charge in [-0.25, -0.2) is 4.98 Å². The van der Waals surface area contributed by atoms with E-state index in [-0.39, 0.29) is 27.7 Å². The fourth-order valence-corrected chi connectivity index (χ4v) is 5.18. The van der Waals surface area contributed by atoms with E-state index in [9.17, 15) is 14.9 Å². The summed E-state index contributed by atoms with van der Waals surface area (Å²) in [6.07, 6.45) is 1.11. The van der Waals surface area contributed by atoms with Crippen LogP contribution in [0.1, 0.15) is 25.3 Å². The van der Waals surface area contributed by atoms with Crippen molar-refractivity contribution in [3.8, 4) is 17.1 Å². The lowest BCUT2D eigenvalue weighted by Gasteiger charge is -2.17. The summed E-state index contributed by atoms with van der Waals surface area (Å²) >= 11 is 14.5. The van der Waals surface area contributed by atoms with Crippen molar-refractivity contribution < 1.29 is 9.72 Å². The zero-order valence-electron chi connectivity index (χ0n) is 18.4. The number of nitro groups is 1. The smallest absolute Gasteiger partial charge is 0.301 e. The Hall–Kier alpha value is -2.99. The molecule has 0 fully saturated rings. The Kier molecular flexibility index (Phi) is 7.70. The second-order valence-corrected chi connectivity index (χ2v) is 10.4. The van der Waals surface area contributed by atoms with E-state index in [1.54, 1.807) is 18.2 Å². The lowest BCUT2D eigenvalue weighted by Crippen LogP contribution is -2.14. The van der Waals surface area contributed by atoms with E-state index >= 15 is 0 Å². The largest absolute Gasteiger partial charge is 0.345 e. The molecule has 0 spiro atoms. The van der Waals surface area contributed by atoms with Gasteiger partial charge in [-0.3, -0.25) is 19.5 Å². The molecule has 0 aliphatic heterocycles. The van der Waals surface area contributed by atoms with Gasteiger partial charge in [-0.1, -0.05) is 67.0 Å². The van der Waals surface area contributed by atoms with Crippen LogP contribution in [0.4, 0.5) is 10.1 Å². The van der Waals surface area contributed by atoms with Gasteiger partial charge in [-0.2, -0.15) is 0 Å². The number of thiazole rings is 1. The molecule has 0 saturated carbocycles. The molecule has 2 aromatic carbocycles. The Morgan fingerprint density at radius 3 is 2.69 bits per heavy atom. The van der Waals surface area contributed by atoms with Crippen LogP contribution in [0.25, 0.3) is 17.1 Å². The molecule has 0 atom stereocenters. The van der Waals surface area contributed by atoms with Gasteiger partial charge in [-0.15, -0.1) is 10.2 Å². The SMILES string of the molecule is CC(C)c1ccccc1-n1c(SCC(=O)Nc2ncc([N+](=O)[O-])s2)nnc1-c1ccc(Cl)cc1Cl. The highest BCUT2D eigenvalue weighted by molar-refractivity contribution is 7.99. The predicted octanol–water partition coefficient (Wildman–Crippen LogP) is 6.46. The number of nitrogens with zero attached hydrogens (tertiary/aromatic N) is 5. The van der Waals surface area contributed by atoms with E-state index in [0.717, 1.165) is 28.8 Å². The topological polar surface area (TPSA) is 116 Å². The van der Waals surface area contributed by atoms with Gasteiger partial charge >= 0.3 is 5.00 Å². The van der Waals surface area contributed by atoms with Gasteiger partial charge in [-0.05, 0) is 47.1 Å². The Balaban J connectivity index is 1.67. The van der Waals surface area contributed by atoms with E-state index in [1.807, 2.05) is 28.8 Å². The first-order valence-electron chi connectivity index (χ1n) is 10.3. The number of para-hydroxylation sites is 1. The summed E-state index contributed by atoms with van der Waals surface area (Å²) in [5.74, 6) is 0.336. The molecule has 180 valence electrons. The van der Waals surface area contributed by atoms with E-state index in [2.05, 4.69) is 34.3 Å². The molecule has 35 heavy (non-hydrogen) atoms. The normalized spacial score (nSPS) is 11.1.